The number of likely N-dealkylation sites (tertiary alicyclic amines) is 1. The number of nitrogens with zero attached hydrogens (tertiary/aromatic N) is 4. The smallest absolute Gasteiger partial charge is 0.219 e. The van der Waals surface area contributed by atoms with Gasteiger partial charge >= 0.3 is 0 Å². The normalized spacial score (nSPS) is 22.3. The first-order valence-corrected chi connectivity index (χ1v) is 8.55. The zero-order valence-electron chi connectivity index (χ0n) is 13.2. The molecule has 1 aromatic heterocycles. The summed E-state index contributed by atoms with van der Waals surface area (Å²) < 4.78 is 0. The quantitative estimate of drug-likeness (QED) is 0.779. The lowest BCUT2D eigenvalue weighted by molar-refractivity contribution is -0.127. The van der Waals surface area contributed by atoms with Crippen LogP contribution >= 0.6 is 23.2 Å². The van der Waals surface area contributed by atoms with E-state index in [4.69, 9.17) is 23.2 Å². The Hall–Kier alpha value is -1.85. The first kappa shape index (κ1) is 15.7. The maximum atomic E-state index is 11.8. The number of aromatic nitrogens is 2. The van der Waals surface area contributed by atoms with Gasteiger partial charge in [0.1, 0.15) is 5.15 Å². The molecule has 1 unspecified atom stereocenters. The Balaban J connectivity index is 1.80. The van der Waals surface area contributed by atoms with Gasteiger partial charge in [-0.2, -0.15) is 0 Å². The van der Waals surface area contributed by atoms with Crippen LogP contribution in [0.3, 0.4) is 0 Å². The molecule has 0 aliphatic carbocycles. The largest absolute Gasteiger partial charge is 0.342 e. The number of hydrogen-bond acceptors (Lipinski definition) is 4. The van der Waals surface area contributed by atoms with Gasteiger partial charge in [0.05, 0.1) is 12.4 Å². The molecule has 3 heterocycles. The molecule has 0 N–H and O–H groups in total. The van der Waals surface area contributed by atoms with Crippen molar-refractivity contribution in [3.8, 4) is 0 Å². The van der Waals surface area contributed by atoms with E-state index in [1.807, 2.05) is 23.1 Å². The van der Waals surface area contributed by atoms with E-state index in [1.165, 1.54) is 11.8 Å². The van der Waals surface area contributed by atoms with Gasteiger partial charge in [-0.25, -0.2) is 4.98 Å². The zero-order valence-corrected chi connectivity index (χ0v) is 14.7. The average molecular weight is 363 g/mol. The van der Waals surface area contributed by atoms with Gasteiger partial charge in [-0.1, -0.05) is 23.2 Å². The molecule has 1 saturated heterocycles. The van der Waals surface area contributed by atoms with Crippen molar-refractivity contribution in [2.45, 2.75) is 18.8 Å². The predicted octanol–water partition coefficient (Wildman–Crippen LogP) is 3.43. The highest BCUT2D eigenvalue weighted by Crippen LogP contribution is 2.49. The molecule has 0 saturated carbocycles. The number of benzene rings is 1. The topological polar surface area (TPSA) is 49.3 Å². The van der Waals surface area contributed by atoms with E-state index >= 15 is 0 Å². The monoisotopic (exact) mass is 362 g/mol. The third-order valence-corrected chi connectivity index (χ3v) is 5.37. The molecule has 7 heteroatoms. The summed E-state index contributed by atoms with van der Waals surface area (Å²) in [5.41, 5.74) is 2.09. The van der Waals surface area contributed by atoms with E-state index in [0.717, 1.165) is 25.2 Å². The van der Waals surface area contributed by atoms with Gasteiger partial charge in [0.15, 0.2) is 5.82 Å². The lowest BCUT2D eigenvalue weighted by atomic mass is 9.81. The number of fused-ring (bicyclic) bond motifs is 2. The number of carbonyl (C=O) groups excluding carboxylic acids is 1. The van der Waals surface area contributed by atoms with Crippen molar-refractivity contribution in [3.63, 3.8) is 0 Å². The number of carbonyl (C=O) groups is 1. The average Bonchev–Trinajstić information content (AvgIpc) is 3.11. The fourth-order valence-electron chi connectivity index (χ4n) is 3.80. The van der Waals surface area contributed by atoms with Crippen molar-refractivity contribution >= 4 is 40.6 Å². The lowest BCUT2D eigenvalue weighted by Gasteiger charge is -2.25. The van der Waals surface area contributed by atoms with Crippen molar-refractivity contribution < 1.29 is 4.79 Å². The molecule has 2 aliphatic rings. The molecule has 4 rings (SSSR count). The third kappa shape index (κ3) is 2.43. The highest BCUT2D eigenvalue weighted by Gasteiger charge is 2.48. The summed E-state index contributed by atoms with van der Waals surface area (Å²) in [5.74, 6) is 0.820. The Bertz CT molecular complexity index is 828. The van der Waals surface area contributed by atoms with Crippen LogP contribution in [0.1, 0.15) is 18.9 Å². The van der Waals surface area contributed by atoms with E-state index in [-0.39, 0.29) is 11.3 Å². The van der Waals surface area contributed by atoms with Crippen LogP contribution in [0.15, 0.2) is 30.6 Å². The molecular formula is C17H16Cl2N4O. The summed E-state index contributed by atoms with van der Waals surface area (Å²) in [7, 11) is 0. The molecule has 1 atom stereocenters. The molecule has 0 bridgehead atoms. The summed E-state index contributed by atoms with van der Waals surface area (Å²) in [5, 5.41) is 1.06. The SMILES string of the molecule is CC(=O)N1CCC2(C1)CN(c1cncc(Cl)n1)c1ccc(Cl)cc12. The van der Waals surface area contributed by atoms with Crippen molar-refractivity contribution in [1.29, 1.82) is 0 Å². The van der Waals surface area contributed by atoms with E-state index in [0.29, 0.717) is 22.5 Å². The molecule has 24 heavy (non-hydrogen) atoms. The van der Waals surface area contributed by atoms with E-state index < -0.39 is 0 Å². The fraction of sp³-hybridized carbons (Fsp3) is 0.353. The second-order valence-corrected chi connectivity index (χ2v) is 7.24. The van der Waals surface area contributed by atoms with E-state index in [2.05, 4.69) is 14.9 Å². The van der Waals surface area contributed by atoms with Gasteiger partial charge in [-0.15, -0.1) is 0 Å². The minimum atomic E-state index is -0.129. The second kappa shape index (κ2) is 5.60. The summed E-state index contributed by atoms with van der Waals surface area (Å²) in [6.07, 6.45) is 4.14. The Morgan fingerprint density at radius 1 is 1.25 bits per heavy atom. The number of anilines is 2. The first-order valence-electron chi connectivity index (χ1n) is 7.79. The maximum absolute atomic E-state index is 11.8. The third-order valence-electron chi connectivity index (χ3n) is 4.95. The maximum Gasteiger partial charge on any atom is 0.219 e. The van der Waals surface area contributed by atoms with Crippen LogP contribution in [0.2, 0.25) is 10.2 Å². The number of halogens is 2. The minimum absolute atomic E-state index is 0.108. The van der Waals surface area contributed by atoms with Crippen LogP contribution in [0.25, 0.3) is 0 Å². The standard InChI is InChI=1S/C17H16Cl2N4O/c1-11(24)22-5-4-17(9-22)10-23(16-8-20-7-15(19)21-16)14-3-2-12(18)6-13(14)17/h2-3,6-8H,4-5,9-10H2,1H3. The molecule has 1 amide bonds. The van der Waals surface area contributed by atoms with E-state index in [1.54, 1.807) is 13.1 Å². The van der Waals surface area contributed by atoms with Gasteiger partial charge in [0, 0.05) is 42.7 Å². The highest BCUT2D eigenvalue weighted by atomic mass is 35.5. The van der Waals surface area contributed by atoms with Crippen molar-refractivity contribution in [1.82, 2.24) is 14.9 Å². The Labute approximate surface area is 150 Å². The van der Waals surface area contributed by atoms with Gasteiger partial charge in [-0.3, -0.25) is 9.78 Å². The summed E-state index contributed by atoms with van der Waals surface area (Å²) >= 11 is 12.3. The molecule has 0 radical (unpaired) electrons. The molecule has 2 aromatic rings. The van der Waals surface area contributed by atoms with Crippen molar-refractivity contribution in [2.75, 3.05) is 24.5 Å². The molecule has 2 aliphatic heterocycles. The fourth-order valence-corrected chi connectivity index (χ4v) is 4.11. The van der Waals surface area contributed by atoms with Crippen LogP contribution in [-0.4, -0.2) is 40.4 Å². The highest BCUT2D eigenvalue weighted by molar-refractivity contribution is 6.30. The molecule has 1 fully saturated rings. The second-order valence-electron chi connectivity index (χ2n) is 6.42. The zero-order chi connectivity index (χ0) is 16.9. The Morgan fingerprint density at radius 3 is 2.79 bits per heavy atom. The lowest BCUT2D eigenvalue weighted by Crippen LogP contribution is -2.36. The molecule has 1 aromatic carbocycles. The van der Waals surface area contributed by atoms with Gasteiger partial charge in [0.2, 0.25) is 5.91 Å². The molecular weight excluding hydrogens is 347 g/mol. The Kier molecular flexibility index (Phi) is 3.66. The van der Waals surface area contributed by atoms with Crippen LogP contribution < -0.4 is 4.90 Å². The summed E-state index contributed by atoms with van der Waals surface area (Å²) in [6, 6.07) is 5.89. The van der Waals surface area contributed by atoms with Crippen LogP contribution in [-0.2, 0) is 10.2 Å². The summed E-state index contributed by atoms with van der Waals surface area (Å²) in [6.45, 7) is 3.81. The van der Waals surface area contributed by atoms with Crippen LogP contribution in [0.5, 0.6) is 0 Å². The Morgan fingerprint density at radius 2 is 2.08 bits per heavy atom. The number of hydrogen-bond donors (Lipinski definition) is 0. The van der Waals surface area contributed by atoms with Crippen molar-refractivity contribution in [3.05, 3.63) is 46.3 Å². The van der Waals surface area contributed by atoms with Gasteiger partial charge < -0.3 is 9.80 Å². The minimum Gasteiger partial charge on any atom is -0.342 e. The number of rotatable bonds is 1. The van der Waals surface area contributed by atoms with Crippen molar-refractivity contribution in [2.24, 2.45) is 0 Å². The molecule has 124 valence electrons. The number of amides is 1. The summed E-state index contributed by atoms with van der Waals surface area (Å²) in [4.78, 5) is 24.4. The molecule has 1 spiro atoms. The van der Waals surface area contributed by atoms with Crippen LogP contribution in [0, 0.1) is 0 Å². The molecule has 5 nitrogen and oxygen atoms in total. The van der Waals surface area contributed by atoms with E-state index in [9.17, 15) is 4.79 Å². The predicted molar refractivity (Wildman–Crippen MR) is 94.0 cm³/mol. The van der Waals surface area contributed by atoms with Gasteiger partial charge in [-0.05, 0) is 30.2 Å². The first-order chi connectivity index (χ1) is 11.5. The van der Waals surface area contributed by atoms with Crippen LogP contribution in [0.4, 0.5) is 11.5 Å². The van der Waals surface area contributed by atoms with Gasteiger partial charge in [0.25, 0.3) is 0 Å².